The molecule has 0 radical (unpaired) electrons. The molecule has 10 aromatic carbocycles. The van der Waals surface area contributed by atoms with Crippen LogP contribution < -0.4 is 21.3 Å². The van der Waals surface area contributed by atoms with Gasteiger partial charge in [0.1, 0.15) is 0 Å². The van der Waals surface area contributed by atoms with Gasteiger partial charge in [0, 0.05) is 56.6 Å². The van der Waals surface area contributed by atoms with E-state index in [9.17, 15) is 1.37 Å². The van der Waals surface area contributed by atoms with Gasteiger partial charge >= 0.3 is 0 Å². The Morgan fingerprint density at radius 1 is 0.519 bits per heavy atom. The van der Waals surface area contributed by atoms with Crippen LogP contribution in [0.5, 0.6) is 0 Å². The lowest BCUT2D eigenvalue weighted by Crippen LogP contribution is -2.60. The molecule has 77 heavy (non-hydrogen) atoms. The van der Waals surface area contributed by atoms with E-state index < -0.39 is 5.89 Å². The van der Waals surface area contributed by atoms with Gasteiger partial charge in [-0.3, -0.25) is 0 Å². The van der Waals surface area contributed by atoms with Gasteiger partial charge in [0.05, 0.1) is 22.2 Å². The minimum absolute atomic E-state index is 0.0978. The molecular formula is C73H56BN3. The average Bonchev–Trinajstić information content (AvgIpc) is 3.10. The first-order chi connectivity index (χ1) is 38.0. The summed E-state index contributed by atoms with van der Waals surface area (Å²) in [6.45, 7) is 8.98. The van der Waals surface area contributed by atoms with Gasteiger partial charge in [0.2, 0.25) is 0 Å². The van der Waals surface area contributed by atoms with Crippen molar-refractivity contribution in [3.8, 4) is 44.8 Å². The highest BCUT2D eigenvalue weighted by molar-refractivity contribution is 7.00. The molecule has 0 amide bonds. The summed E-state index contributed by atoms with van der Waals surface area (Å²) in [7, 11) is 0. The summed E-state index contributed by atoms with van der Waals surface area (Å²) >= 11 is 0. The van der Waals surface area contributed by atoms with Gasteiger partial charge < -0.3 is 14.0 Å². The zero-order valence-electron chi connectivity index (χ0n) is 45.0. The van der Waals surface area contributed by atoms with Crippen LogP contribution in [0.15, 0.2) is 182 Å². The van der Waals surface area contributed by atoms with Gasteiger partial charge in [-0.05, 0) is 199 Å². The van der Waals surface area contributed by atoms with Crippen molar-refractivity contribution in [2.75, 3.05) is 4.90 Å². The second-order valence-corrected chi connectivity index (χ2v) is 25.3. The first-order valence-corrected chi connectivity index (χ1v) is 28.6. The van der Waals surface area contributed by atoms with E-state index in [1.807, 2.05) is 13.8 Å². The van der Waals surface area contributed by atoms with Gasteiger partial charge in [-0.1, -0.05) is 155 Å². The summed E-state index contributed by atoms with van der Waals surface area (Å²) in [5.41, 5.74) is 28.4. The smallest absolute Gasteiger partial charge is 0.252 e. The molecule has 366 valence electrons. The lowest BCUT2D eigenvalue weighted by atomic mass is 9.33. The summed E-state index contributed by atoms with van der Waals surface area (Å²) in [6.07, 6.45) is 6.94. The van der Waals surface area contributed by atoms with E-state index in [4.69, 9.17) is 0 Å². The van der Waals surface area contributed by atoms with Crippen LogP contribution in [0.25, 0.3) is 99.1 Å². The lowest BCUT2D eigenvalue weighted by Gasteiger charge is -2.41. The Morgan fingerprint density at radius 2 is 1.22 bits per heavy atom. The number of fused-ring (bicyclic) bond motifs is 14. The van der Waals surface area contributed by atoms with Crippen LogP contribution in [0.4, 0.5) is 17.1 Å². The number of rotatable bonds is 4. The maximum Gasteiger partial charge on any atom is 0.252 e. The molecular weight excluding hydrogens is 930 g/mol. The number of aromatic nitrogens is 2. The van der Waals surface area contributed by atoms with E-state index in [2.05, 4.69) is 210 Å². The van der Waals surface area contributed by atoms with Gasteiger partial charge in [0.15, 0.2) is 0 Å². The maximum atomic E-state index is 9.56. The summed E-state index contributed by atoms with van der Waals surface area (Å²) in [6, 6.07) is 70.7. The molecule has 2 aliphatic heterocycles. The monoisotopic (exact) mass is 986 g/mol. The normalized spacial score (nSPS) is 21.4. The predicted octanol–water partition coefficient (Wildman–Crippen LogP) is 16.8. The maximum absolute atomic E-state index is 9.56. The molecule has 4 heterocycles. The fraction of sp³-hybridized carbons (Fsp3) is 0.205. The molecule has 20 rings (SSSR count). The van der Waals surface area contributed by atoms with Gasteiger partial charge in [-0.25, -0.2) is 0 Å². The third-order valence-corrected chi connectivity index (χ3v) is 21.1. The Kier molecular flexibility index (Phi) is 7.53. The number of benzene rings is 10. The van der Waals surface area contributed by atoms with Crippen LogP contribution in [0.1, 0.15) is 89.3 Å². The summed E-state index contributed by atoms with van der Waals surface area (Å²) in [5, 5.41) is 8.06. The van der Waals surface area contributed by atoms with E-state index in [0.717, 1.165) is 34.7 Å². The molecule has 4 bridgehead atoms. The number of para-hydroxylation sites is 1. The largest absolute Gasteiger partial charge is 0.311 e. The number of hydrogen-bond donors (Lipinski definition) is 0. The second-order valence-electron chi connectivity index (χ2n) is 25.3. The average molecular weight is 987 g/mol. The third-order valence-electron chi connectivity index (χ3n) is 21.1. The van der Waals surface area contributed by atoms with Crippen molar-refractivity contribution >= 4 is 94.5 Å². The topological polar surface area (TPSA) is 13.1 Å². The lowest BCUT2D eigenvalue weighted by molar-refractivity contribution is 0.266. The summed E-state index contributed by atoms with van der Waals surface area (Å²) < 4.78 is 14.9. The fourth-order valence-electron chi connectivity index (χ4n) is 18.3. The molecule has 0 saturated heterocycles. The standard InChI is InChI=1S/C73H56BN3/c1-40(2)44-25-27-60-57(33-44)74-58-37-54-51-19-10-11-22-56(51)72(3,4)69(54)67-55-34-45(73-38-41-30-42(39-73)32-46(73)31-41)26-29-59(55)77(71(58)67)64-36-48(35-63(70(64)74)75(60)47-15-6-5-7-16-47)76-61-23-13-21-53-50-18-9-8-17-49(50)52-20-12-14-43-24-28-62(76)68(65(43)52)66(53)61/h5-29,33-37,40-42,46H,30-32,38-39H2,1-4H3/i40D. The van der Waals surface area contributed by atoms with E-state index in [1.165, 1.54) is 164 Å². The molecule has 6 aliphatic carbocycles. The van der Waals surface area contributed by atoms with Gasteiger partial charge in [0.25, 0.3) is 6.71 Å². The molecule has 0 spiro atoms. The highest BCUT2D eigenvalue weighted by atomic mass is 15.2. The van der Waals surface area contributed by atoms with Crippen LogP contribution in [0.2, 0.25) is 0 Å². The molecule has 2 aromatic heterocycles. The van der Waals surface area contributed by atoms with Crippen molar-refractivity contribution in [2.24, 2.45) is 17.8 Å². The zero-order chi connectivity index (χ0) is 51.5. The van der Waals surface area contributed by atoms with Crippen LogP contribution >= 0.6 is 0 Å². The molecule has 12 aromatic rings. The SMILES string of the molecule is [2H]C(C)(C)c1ccc2c(c1)B1c3c(cc(-n4c5cccc6c5c5c7c(cccc7ccc54)-c4ccccc4-6)cc3-n3c4ccc(C56CC7CC(CC5C7)C6)cc4c4c5c(cc1c43)-c1ccccc1C5(C)C)N2c1ccccc1. The van der Waals surface area contributed by atoms with Crippen molar-refractivity contribution in [3.05, 3.63) is 204 Å². The van der Waals surface area contributed by atoms with Gasteiger partial charge in [-0.15, -0.1) is 0 Å². The van der Waals surface area contributed by atoms with E-state index >= 15 is 0 Å². The van der Waals surface area contributed by atoms with E-state index in [-0.39, 0.29) is 17.5 Å². The Labute approximate surface area is 450 Å². The summed E-state index contributed by atoms with van der Waals surface area (Å²) in [4.78, 5) is 2.56. The Balaban J connectivity index is 0.995. The third kappa shape index (κ3) is 5.00. The zero-order valence-corrected chi connectivity index (χ0v) is 44.0. The van der Waals surface area contributed by atoms with Crippen LogP contribution in [0, 0.1) is 17.8 Å². The number of nitrogens with zero attached hydrogens (tertiary/aromatic N) is 3. The van der Waals surface area contributed by atoms with E-state index in [0.29, 0.717) is 0 Å². The minimum atomic E-state index is -0.795. The minimum Gasteiger partial charge on any atom is -0.311 e. The first-order valence-electron chi connectivity index (χ1n) is 29.1. The molecule has 0 N–H and O–H groups in total. The Hall–Kier alpha value is -8.08. The molecule has 8 aliphatic rings. The quantitative estimate of drug-likeness (QED) is 0.160. The highest BCUT2D eigenvalue weighted by Crippen LogP contribution is 2.66. The van der Waals surface area contributed by atoms with Crippen molar-refractivity contribution < 1.29 is 1.37 Å². The number of hydrogen-bond acceptors (Lipinski definition) is 1. The van der Waals surface area contributed by atoms with Crippen molar-refractivity contribution in [1.82, 2.24) is 9.13 Å². The van der Waals surface area contributed by atoms with Crippen molar-refractivity contribution in [3.63, 3.8) is 0 Å². The Bertz CT molecular complexity index is 4760. The first kappa shape index (κ1) is 41.1. The fourth-order valence-corrected chi connectivity index (χ4v) is 18.3. The molecule has 4 saturated carbocycles. The highest BCUT2D eigenvalue weighted by Gasteiger charge is 2.58. The molecule has 2 atom stereocenters. The number of anilines is 3. The van der Waals surface area contributed by atoms with Crippen molar-refractivity contribution in [2.45, 2.75) is 76.5 Å². The molecule has 4 fully saturated rings. The van der Waals surface area contributed by atoms with E-state index in [1.54, 1.807) is 5.56 Å². The van der Waals surface area contributed by atoms with Crippen LogP contribution in [-0.4, -0.2) is 15.8 Å². The van der Waals surface area contributed by atoms with Gasteiger partial charge in [-0.2, -0.15) is 0 Å². The molecule has 2 unspecified atom stereocenters. The molecule has 4 heteroatoms. The summed E-state index contributed by atoms with van der Waals surface area (Å²) in [5.74, 6) is 1.73. The predicted molar refractivity (Wildman–Crippen MR) is 323 cm³/mol. The molecule has 3 nitrogen and oxygen atoms in total. The van der Waals surface area contributed by atoms with Crippen LogP contribution in [0.3, 0.4) is 0 Å². The Morgan fingerprint density at radius 3 is 2.03 bits per heavy atom. The van der Waals surface area contributed by atoms with Crippen molar-refractivity contribution in [1.29, 1.82) is 0 Å². The van der Waals surface area contributed by atoms with Crippen LogP contribution in [-0.2, 0) is 10.8 Å². The second kappa shape index (κ2) is 14.1.